The van der Waals surface area contributed by atoms with Gasteiger partial charge < -0.3 is 9.47 Å². The molecule has 0 aromatic heterocycles. The van der Waals surface area contributed by atoms with Crippen molar-refractivity contribution in [2.24, 2.45) is 23.7 Å². The van der Waals surface area contributed by atoms with Crippen molar-refractivity contribution in [1.82, 2.24) is 0 Å². The van der Waals surface area contributed by atoms with Crippen LogP contribution in [0.3, 0.4) is 0 Å². The maximum atomic E-state index is 14.3. The standard InChI is InChI=1S/C28H43F7O4S/c1-2-26(36)38-16-6-4-3-5-7-27(37)39-23-14-12-20(13-15-23)19-8-10-21(11-9-19)22-17-24(29)28(25(30)18-22)40(31,32,33,34)35/h2,19-25,28H,1,3-18H2. The summed E-state index contributed by atoms with van der Waals surface area (Å²) in [6.07, 6.45) is 3.61. The molecule has 0 heterocycles. The van der Waals surface area contributed by atoms with E-state index in [0.29, 0.717) is 44.1 Å². The number of esters is 2. The first kappa shape index (κ1) is 33.0. The predicted octanol–water partition coefficient (Wildman–Crippen LogP) is 9.33. The number of rotatable bonds is 12. The van der Waals surface area contributed by atoms with Crippen LogP contribution in [0.4, 0.5) is 28.2 Å². The van der Waals surface area contributed by atoms with Gasteiger partial charge in [0.15, 0.2) is 5.25 Å². The maximum absolute atomic E-state index is 14.3. The first-order valence-corrected chi connectivity index (χ1v) is 16.6. The zero-order valence-electron chi connectivity index (χ0n) is 22.9. The molecule has 40 heavy (non-hydrogen) atoms. The highest BCUT2D eigenvalue weighted by Gasteiger charge is 2.75. The van der Waals surface area contributed by atoms with E-state index in [0.717, 1.165) is 63.9 Å². The number of hydrogen-bond donors (Lipinski definition) is 0. The third-order valence-corrected chi connectivity index (χ3v) is 10.8. The van der Waals surface area contributed by atoms with Gasteiger partial charge in [0.1, 0.15) is 18.4 Å². The van der Waals surface area contributed by atoms with Gasteiger partial charge >= 0.3 is 11.9 Å². The molecule has 0 N–H and O–H groups in total. The lowest BCUT2D eigenvalue weighted by molar-refractivity contribution is -0.151. The van der Waals surface area contributed by atoms with Crippen LogP contribution in [0.15, 0.2) is 12.7 Å². The molecule has 0 aromatic rings. The van der Waals surface area contributed by atoms with E-state index < -0.39 is 52.5 Å². The second-order valence-electron chi connectivity index (χ2n) is 12.0. The third kappa shape index (κ3) is 9.82. The molecular formula is C28H43F7O4S. The molecule has 3 saturated carbocycles. The summed E-state index contributed by atoms with van der Waals surface area (Å²) in [6.45, 7) is 3.66. The second kappa shape index (κ2) is 12.8. The number of carbonyl (C=O) groups excluding carboxylic acids is 2. The average Bonchev–Trinajstić information content (AvgIpc) is 2.86. The Kier molecular flexibility index (Phi) is 10.6. The van der Waals surface area contributed by atoms with Crippen LogP contribution in [0, 0.1) is 23.7 Å². The number of carbonyl (C=O) groups is 2. The molecule has 0 spiro atoms. The Bertz CT molecular complexity index is 856. The van der Waals surface area contributed by atoms with E-state index in [1.54, 1.807) is 0 Å². The van der Waals surface area contributed by atoms with Crippen LogP contribution in [0.25, 0.3) is 0 Å². The lowest BCUT2D eigenvalue weighted by Crippen LogP contribution is -2.48. The van der Waals surface area contributed by atoms with Gasteiger partial charge in [-0.05, 0) is 101 Å². The van der Waals surface area contributed by atoms with Crippen LogP contribution in [-0.4, -0.2) is 42.2 Å². The van der Waals surface area contributed by atoms with Gasteiger partial charge in [0.2, 0.25) is 0 Å². The Hall–Kier alpha value is -1.46. The van der Waals surface area contributed by atoms with E-state index in [-0.39, 0.29) is 18.0 Å². The van der Waals surface area contributed by atoms with E-state index in [2.05, 4.69) is 6.58 Å². The Morgan fingerprint density at radius 1 is 0.725 bits per heavy atom. The maximum Gasteiger partial charge on any atom is 0.330 e. The van der Waals surface area contributed by atoms with Crippen molar-refractivity contribution in [3.8, 4) is 0 Å². The molecule has 0 aliphatic heterocycles. The fraction of sp³-hybridized carbons (Fsp3) is 0.857. The minimum Gasteiger partial charge on any atom is -0.463 e. The predicted molar refractivity (Wildman–Crippen MR) is 141 cm³/mol. The summed E-state index contributed by atoms with van der Waals surface area (Å²) in [5, 5.41) is -3.79. The summed E-state index contributed by atoms with van der Waals surface area (Å²) >= 11 is 0. The third-order valence-electron chi connectivity index (χ3n) is 9.14. The quantitative estimate of drug-likeness (QED) is 0.0959. The van der Waals surface area contributed by atoms with Crippen LogP contribution >= 0.6 is 10.2 Å². The Morgan fingerprint density at radius 3 is 1.70 bits per heavy atom. The molecule has 3 aliphatic rings. The van der Waals surface area contributed by atoms with Crippen LogP contribution in [0.5, 0.6) is 0 Å². The monoisotopic (exact) mass is 608 g/mol. The molecule has 0 bridgehead atoms. The summed E-state index contributed by atoms with van der Waals surface area (Å²) in [4.78, 5) is 23.2. The highest BCUT2D eigenvalue weighted by Crippen LogP contribution is 3.01. The second-order valence-corrected chi connectivity index (χ2v) is 14.6. The number of alkyl halides is 2. The normalized spacial score (nSPS) is 35.2. The summed E-state index contributed by atoms with van der Waals surface area (Å²) in [5.41, 5.74) is 0. The van der Waals surface area contributed by atoms with Crippen LogP contribution in [-0.2, 0) is 19.1 Å². The highest BCUT2D eigenvalue weighted by molar-refractivity contribution is 8.46. The van der Waals surface area contributed by atoms with Gasteiger partial charge in [-0.3, -0.25) is 4.79 Å². The molecule has 0 radical (unpaired) electrons. The molecule has 234 valence electrons. The zero-order valence-corrected chi connectivity index (χ0v) is 23.7. The summed E-state index contributed by atoms with van der Waals surface area (Å²) in [5.74, 6) is -0.598. The van der Waals surface area contributed by atoms with E-state index in [1.807, 2.05) is 0 Å². The van der Waals surface area contributed by atoms with E-state index >= 15 is 0 Å². The molecule has 0 aromatic carbocycles. The number of unbranched alkanes of at least 4 members (excludes halogenated alkanes) is 3. The van der Waals surface area contributed by atoms with E-state index in [9.17, 15) is 37.8 Å². The first-order chi connectivity index (χ1) is 18.6. The molecule has 3 rings (SSSR count). The minimum atomic E-state index is -10.2. The van der Waals surface area contributed by atoms with Crippen molar-refractivity contribution in [2.45, 2.75) is 120 Å². The number of hydrogen-bond acceptors (Lipinski definition) is 4. The van der Waals surface area contributed by atoms with Crippen molar-refractivity contribution in [1.29, 1.82) is 0 Å². The van der Waals surface area contributed by atoms with E-state index in [1.165, 1.54) is 0 Å². The lowest BCUT2D eigenvalue weighted by Gasteiger charge is -2.52. The molecule has 3 fully saturated rings. The van der Waals surface area contributed by atoms with Gasteiger partial charge in [-0.25, -0.2) is 13.6 Å². The molecular weight excluding hydrogens is 565 g/mol. The smallest absolute Gasteiger partial charge is 0.330 e. The molecule has 0 amide bonds. The Balaban J connectivity index is 1.31. The average molecular weight is 609 g/mol. The Labute approximate surface area is 232 Å². The SMILES string of the molecule is C=CC(=O)OCCCCCCC(=O)OC1CCC(C2CCC(C3CC(F)C(S(F)(F)(F)(F)F)C(F)C3)CC2)CC1. The topological polar surface area (TPSA) is 52.6 Å². The van der Waals surface area contributed by atoms with Gasteiger partial charge in [0.05, 0.1) is 6.61 Å². The van der Waals surface area contributed by atoms with Crippen molar-refractivity contribution in [3.63, 3.8) is 0 Å². The first-order valence-electron chi connectivity index (χ1n) is 14.6. The van der Waals surface area contributed by atoms with Crippen molar-refractivity contribution < 1.29 is 47.3 Å². The fourth-order valence-electron chi connectivity index (χ4n) is 7.08. The summed E-state index contributed by atoms with van der Waals surface area (Å²) < 4.78 is 105. The Morgan fingerprint density at radius 2 is 1.20 bits per heavy atom. The zero-order chi connectivity index (χ0) is 29.6. The van der Waals surface area contributed by atoms with Crippen molar-refractivity contribution in [3.05, 3.63) is 12.7 Å². The largest absolute Gasteiger partial charge is 0.463 e. The van der Waals surface area contributed by atoms with E-state index in [4.69, 9.17) is 9.47 Å². The van der Waals surface area contributed by atoms with Gasteiger partial charge in [-0.15, -0.1) is 0 Å². The summed E-state index contributed by atoms with van der Waals surface area (Å²) in [6, 6.07) is 0. The highest BCUT2D eigenvalue weighted by atomic mass is 32.5. The van der Waals surface area contributed by atoms with Crippen LogP contribution in [0.2, 0.25) is 0 Å². The lowest BCUT2D eigenvalue weighted by atomic mass is 9.66. The molecule has 4 nitrogen and oxygen atoms in total. The van der Waals surface area contributed by atoms with Crippen molar-refractivity contribution in [2.75, 3.05) is 6.61 Å². The fourth-order valence-corrected chi connectivity index (χ4v) is 8.42. The molecule has 3 aliphatic carbocycles. The van der Waals surface area contributed by atoms with Gasteiger partial charge in [0, 0.05) is 12.5 Å². The molecule has 12 heteroatoms. The van der Waals surface area contributed by atoms with Gasteiger partial charge in [-0.1, -0.05) is 38.8 Å². The van der Waals surface area contributed by atoms with Crippen LogP contribution in [0.1, 0.15) is 96.3 Å². The molecule has 2 atom stereocenters. The molecule has 0 saturated heterocycles. The summed E-state index contributed by atoms with van der Waals surface area (Å²) in [7, 11) is -10.2. The van der Waals surface area contributed by atoms with Gasteiger partial charge in [-0.2, -0.15) is 0 Å². The number of ether oxygens (including phenoxy) is 2. The van der Waals surface area contributed by atoms with Crippen molar-refractivity contribution >= 4 is 22.2 Å². The minimum absolute atomic E-state index is 0.106. The molecule has 2 unspecified atom stereocenters. The van der Waals surface area contributed by atoms with Crippen LogP contribution < -0.4 is 0 Å². The number of halogens is 7. The van der Waals surface area contributed by atoms with Gasteiger partial charge in [0.25, 0.3) is 10.2 Å².